The lowest BCUT2D eigenvalue weighted by Crippen LogP contribution is -2.14. The van der Waals surface area contributed by atoms with Crippen molar-refractivity contribution >= 4 is 0 Å². The molecule has 1 heterocycles. The molecule has 1 heteroatoms. The maximum Gasteiger partial charge on any atom is 0.00477 e. The third kappa shape index (κ3) is 2.85. The largest absolute Gasteiger partial charge is 0.306 e. The quantitative estimate of drug-likeness (QED) is 0.599. The molecule has 0 N–H and O–H groups in total. The van der Waals surface area contributed by atoms with Crippen molar-refractivity contribution in [2.24, 2.45) is 5.92 Å². The molecule has 0 amide bonds. The summed E-state index contributed by atoms with van der Waals surface area (Å²) in [5.74, 6) is 0.693. The van der Waals surface area contributed by atoms with Crippen molar-refractivity contribution in [2.75, 3.05) is 20.1 Å². The van der Waals surface area contributed by atoms with E-state index in [2.05, 4.69) is 36.8 Å². The first-order valence-electron chi connectivity index (χ1n) is 4.91. The van der Waals surface area contributed by atoms with Crippen LogP contribution in [-0.4, -0.2) is 25.0 Å². The van der Waals surface area contributed by atoms with Gasteiger partial charge in [0, 0.05) is 6.54 Å². The van der Waals surface area contributed by atoms with Gasteiger partial charge in [0.25, 0.3) is 0 Å². The standard InChI is InChI=1S/C12H19N/c1-4-6-7-11(5-2)12-8-9-13(3)10-12/h4-7,12H,2,8-10H2,1,3H3/b6-4-,11-7+. The maximum absolute atomic E-state index is 3.86. The number of rotatable bonds is 3. The normalized spacial score (nSPS) is 25.7. The highest BCUT2D eigenvalue weighted by atomic mass is 15.1. The van der Waals surface area contributed by atoms with E-state index in [0.29, 0.717) is 5.92 Å². The molecular formula is C12H19N. The van der Waals surface area contributed by atoms with Gasteiger partial charge in [-0.05, 0) is 38.4 Å². The fourth-order valence-electron chi connectivity index (χ4n) is 1.79. The Balaban J connectivity index is 2.61. The van der Waals surface area contributed by atoms with E-state index in [1.54, 1.807) is 0 Å². The van der Waals surface area contributed by atoms with Crippen molar-refractivity contribution in [3.63, 3.8) is 0 Å². The molecule has 0 radical (unpaired) electrons. The van der Waals surface area contributed by atoms with Gasteiger partial charge in [-0.3, -0.25) is 0 Å². The highest BCUT2D eigenvalue weighted by molar-refractivity contribution is 5.25. The molecule has 1 aliphatic heterocycles. The summed E-state index contributed by atoms with van der Waals surface area (Å²) < 4.78 is 0. The molecule has 1 unspecified atom stereocenters. The van der Waals surface area contributed by atoms with E-state index in [1.165, 1.54) is 25.1 Å². The molecule has 1 nitrogen and oxygen atoms in total. The Hall–Kier alpha value is -0.820. The summed E-state index contributed by atoms with van der Waals surface area (Å²) >= 11 is 0. The molecule has 0 aromatic heterocycles. The summed E-state index contributed by atoms with van der Waals surface area (Å²) in [6, 6.07) is 0. The molecule has 72 valence electrons. The highest BCUT2D eigenvalue weighted by Gasteiger charge is 2.20. The molecule has 1 fully saturated rings. The fraction of sp³-hybridized carbons (Fsp3) is 0.500. The van der Waals surface area contributed by atoms with E-state index < -0.39 is 0 Å². The molecule has 1 aliphatic rings. The van der Waals surface area contributed by atoms with Gasteiger partial charge in [0.05, 0.1) is 0 Å². The molecule has 0 aromatic rings. The van der Waals surface area contributed by atoms with Crippen LogP contribution in [0.15, 0.2) is 36.5 Å². The van der Waals surface area contributed by atoms with E-state index in [1.807, 2.05) is 13.0 Å². The van der Waals surface area contributed by atoms with Crippen molar-refractivity contribution in [3.05, 3.63) is 36.5 Å². The zero-order valence-electron chi connectivity index (χ0n) is 8.66. The summed E-state index contributed by atoms with van der Waals surface area (Å²) in [6.45, 7) is 8.29. The van der Waals surface area contributed by atoms with Crippen molar-refractivity contribution in [1.29, 1.82) is 0 Å². The molecule has 0 saturated carbocycles. The SMILES string of the molecule is C=C/C(=C\C=C/C)C1CCN(C)C1. The molecule has 0 bridgehead atoms. The van der Waals surface area contributed by atoms with Crippen LogP contribution >= 0.6 is 0 Å². The van der Waals surface area contributed by atoms with Crippen LogP contribution in [0.1, 0.15) is 13.3 Å². The Morgan fingerprint density at radius 2 is 2.31 bits per heavy atom. The van der Waals surface area contributed by atoms with Crippen LogP contribution in [0.2, 0.25) is 0 Å². The number of likely N-dealkylation sites (tertiary alicyclic amines) is 1. The van der Waals surface area contributed by atoms with Gasteiger partial charge < -0.3 is 4.90 Å². The second-order valence-corrected chi connectivity index (χ2v) is 3.64. The molecular weight excluding hydrogens is 158 g/mol. The number of allylic oxidation sites excluding steroid dienone is 4. The predicted octanol–water partition coefficient (Wildman–Crippen LogP) is 2.63. The van der Waals surface area contributed by atoms with Gasteiger partial charge in [0.2, 0.25) is 0 Å². The van der Waals surface area contributed by atoms with Gasteiger partial charge in [-0.15, -0.1) is 0 Å². The highest BCUT2D eigenvalue weighted by Crippen LogP contribution is 2.23. The van der Waals surface area contributed by atoms with Crippen molar-refractivity contribution in [1.82, 2.24) is 4.90 Å². The lowest BCUT2D eigenvalue weighted by atomic mass is 9.98. The Bertz CT molecular complexity index is 225. The average molecular weight is 177 g/mol. The lowest BCUT2D eigenvalue weighted by Gasteiger charge is -2.10. The van der Waals surface area contributed by atoms with Crippen molar-refractivity contribution in [3.8, 4) is 0 Å². The van der Waals surface area contributed by atoms with E-state index in [9.17, 15) is 0 Å². The van der Waals surface area contributed by atoms with E-state index >= 15 is 0 Å². The van der Waals surface area contributed by atoms with Crippen LogP contribution < -0.4 is 0 Å². The minimum atomic E-state index is 0.693. The van der Waals surface area contributed by atoms with Gasteiger partial charge in [0.1, 0.15) is 0 Å². The molecule has 1 saturated heterocycles. The summed E-state index contributed by atoms with van der Waals surface area (Å²) in [5, 5.41) is 0. The van der Waals surface area contributed by atoms with Crippen LogP contribution in [0.4, 0.5) is 0 Å². The molecule has 1 atom stereocenters. The van der Waals surface area contributed by atoms with Crippen LogP contribution in [0.25, 0.3) is 0 Å². The van der Waals surface area contributed by atoms with Crippen LogP contribution in [-0.2, 0) is 0 Å². The summed E-state index contributed by atoms with van der Waals surface area (Å²) in [5.41, 5.74) is 1.38. The number of hydrogen-bond donors (Lipinski definition) is 0. The average Bonchev–Trinajstić information content (AvgIpc) is 2.54. The zero-order chi connectivity index (χ0) is 9.68. The minimum Gasteiger partial charge on any atom is -0.306 e. The van der Waals surface area contributed by atoms with Gasteiger partial charge in [-0.2, -0.15) is 0 Å². The fourth-order valence-corrected chi connectivity index (χ4v) is 1.79. The third-order valence-electron chi connectivity index (χ3n) is 2.58. The van der Waals surface area contributed by atoms with Gasteiger partial charge in [0.15, 0.2) is 0 Å². The number of hydrogen-bond acceptors (Lipinski definition) is 1. The van der Waals surface area contributed by atoms with Crippen LogP contribution in [0.3, 0.4) is 0 Å². The minimum absolute atomic E-state index is 0.693. The second-order valence-electron chi connectivity index (χ2n) is 3.64. The number of nitrogens with zero attached hydrogens (tertiary/aromatic N) is 1. The first-order valence-corrected chi connectivity index (χ1v) is 4.91. The topological polar surface area (TPSA) is 3.24 Å². The van der Waals surface area contributed by atoms with Crippen LogP contribution in [0.5, 0.6) is 0 Å². The lowest BCUT2D eigenvalue weighted by molar-refractivity contribution is 0.406. The third-order valence-corrected chi connectivity index (χ3v) is 2.58. The Morgan fingerprint density at radius 1 is 1.54 bits per heavy atom. The Labute approximate surface area is 81.4 Å². The Morgan fingerprint density at radius 3 is 2.77 bits per heavy atom. The van der Waals surface area contributed by atoms with E-state index in [-0.39, 0.29) is 0 Å². The molecule has 13 heavy (non-hydrogen) atoms. The molecule has 0 aliphatic carbocycles. The van der Waals surface area contributed by atoms with Crippen molar-refractivity contribution in [2.45, 2.75) is 13.3 Å². The summed E-state index contributed by atoms with van der Waals surface area (Å²) in [7, 11) is 2.18. The second kappa shape index (κ2) is 5.03. The van der Waals surface area contributed by atoms with Gasteiger partial charge in [-0.1, -0.05) is 30.9 Å². The smallest absolute Gasteiger partial charge is 0.00477 e. The zero-order valence-corrected chi connectivity index (χ0v) is 8.66. The van der Waals surface area contributed by atoms with Crippen LogP contribution in [0, 0.1) is 5.92 Å². The Kier molecular flexibility index (Phi) is 3.97. The molecule has 0 aromatic carbocycles. The van der Waals surface area contributed by atoms with E-state index in [0.717, 1.165) is 0 Å². The molecule has 0 spiro atoms. The molecule has 1 rings (SSSR count). The monoisotopic (exact) mass is 177 g/mol. The first kappa shape index (κ1) is 10.3. The summed E-state index contributed by atoms with van der Waals surface area (Å²) in [6.07, 6.45) is 9.59. The van der Waals surface area contributed by atoms with E-state index in [4.69, 9.17) is 0 Å². The van der Waals surface area contributed by atoms with Gasteiger partial charge in [-0.25, -0.2) is 0 Å². The first-order chi connectivity index (χ1) is 6.27. The predicted molar refractivity (Wildman–Crippen MR) is 58.7 cm³/mol. The maximum atomic E-state index is 3.86. The summed E-state index contributed by atoms with van der Waals surface area (Å²) in [4.78, 5) is 2.37. The van der Waals surface area contributed by atoms with Gasteiger partial charge >= 0.3 is 0 Å². The van der Waals surface area contributed by atoms with Crippen molar-refractivity contribution < 1.29 is 0 Å².